The summed E-state index contributed by atoms with van der Waals surface area (Å²) in [7, 11) is 0. The van der Waals surface area contributed by atoms with Crippen molar-refractivity contribution >= 4 is 23.2 Å². The maximum atomic E-state index is 12.5. The Bertz CT molecular complexity index is 978. The minimum Gasteiger partial charge on any atom is -0.481 e. The number of nitrogens with zero attached hydrogens (tertiary/aromatic N) is 2. The average Bonchev–Trinajstić information content (AvgIpc) is 2.69. The number of aromatic nitrogens is 2. The lowest BCUT2D eigenvalue weighted by molar-refractivity contribution is -0.122. The molecule has 0 saturated heterocycles. The number of hydrogen-bond donors (Lipinski definition) is 2. The SMILES string of the molecule is Cc1cc(C)nc(Nc2ccc(NC(=O)C(C)Oc3ccc(C(C)C)cc3)cc2)n1. The third kappa shape index (κ3) is 5.80. The van der Waals surface area contributed by atoms with Crippen LogP contribution in [0.4, 0.5) is 17.3 Å². The van der Waals surface area contributed by atoms with Crippen molar-refractivity contribution < 1.29 is 9.53 Å². The summed E-state index contributed by atoms with van der Waals surface area (Å²) >= 11 is 0. The highest BCUT2D eigenvalue weighted by molar-refractivity contribution is 5.94. The van der Waals surface area contributed by atoms with E-state index in [-0.39, 0.29) is 5.91 Å². The molecular weight excluding hydrogens is 376 g/mol. The van der Waals surface area contributed by atoms with Crippen molar-refractivity contribution in [2.45, 2.75) is 46.6 Å². The Morgan fingerprint density at radius 2 is 1.43 bits per heavy atom. The second kappa shape index (κ2) is 9.39. The molecule has 6 heteroatoms. The molecule has 2 aromatic carbocycles. The van der Waals surface area contributed by atoms with Gasteiger partial charge in [0, 0.05) is 22.8 Å². The number of carbonyl (C=O) groups is 1. The van der Waals surface area contributed by atoms with Gasteiger partial charge in [0.15, 0.2) is 6.10 Å². The van der Waals surface area contributed by atoms with Crippen molar-refractivity contribution in [3.05, 3.63) is 71.5 Å². The molecule has 6 nitrogen and oxygen atoms in total. The quantitative estimate of drug-likeness (QED) is 0.554. The molecule has 0 saturated carbocycles. The lowest BCUT2D eigenvalue weighted by atomic mass is 10.0. The van der Waals surface area contributed by atoms with E-state index in [1.165, 1.54) is 5.56 Å². The van der Waals surface area contributed by atoms with Crippen LogP contribution in [0.5, 0.6) is 5.75 Å². The van der Waals surface area contributed by atoms with Gasteiger partial charge in [-0.05, 0) is 74.7 Å². The van der Waals surface area contributed by atoms with Gasteiger partial charge in [0.25, 0.3) is 5.91 Å². The molecule has 1 unspecified atom stereocenters. The van der Waals surface area contributed by atoms with Crippen LogP contribution in [0.1, 0.15) is 43.6 Å². The number of amides is 1. The van der Waals surface area contributed by atoms with Gasteiger partial charge in [-0.25, -0.2) is 9.97 Å². The lowest BCUT2D eigenvalue weighted by Gasteiger charge is -2.16. The third-order valence-corrected chi connectivity index (χ3v) is 4.62. The van der Waals surface area contributed by atoms with E-state index in [2.05, 4.69) is 34.4 Å². The Morgan fingerprint density at radius 3 is 2.00 bits per heavy atom. The smallest absolute Gasteiger partial charge is 0.265 e. The highest BCUT2D eigenvalue weighted by atomic mass is 16.5. The van der Waals surface area contributed by atoms with Crippen molar-refractivity contribution in [1.82, 2.24) is 9.97 Å². The Balaban J connectivity index is 1.56. The molecule has 0 aliphatic heterocycles. The molecule has 1 heterocycles. The van der Waals surface area contributed by atoms with E-state index in [0.29, 0.717) is 23.3 Å². The molecule has 0 fully saturated rings. The monoisotopic (exact) mass is 404 g/mol. The lowest BCUT2D eigenvalue weighted by Crippen LogP contribution is -2.30. The van der Waals surface area contributed by atoms with Gasteiger partial charge in [0.1, 0.15) is 5.75 Å². The zero-order valence-electron chi connectivity index (χ0n) is 18.1. The molecule has 1 atom stereocenters. The zero-order chi connectivity index (χ0) is 21.7. The van der Waals surface area contributed by atoms with Gasteiger partial charge >= 0.3 is 0 Å². The number of ether oxygens (including phenoxy) is 1. The third-order valence-electron chi connectivity index (χ3n) is 4.62. The number of benzene rings is 2. The number of carbonyl (C=O) groups excluding carboxylic acids is 1. The average molecular weight is 405 g/mol. The van der Waals surface area contributed by atoms with Gasteiger partial charge < -0.3 is 15.4 Å². The molecule has 0 radical (unpaired) electrons. The van der Waals surface area contributed by atoms with E-state index in [9.17, 15) is 4.79 Å². The van der Waals surface area contributed by atoms with Crippen LogP contribution in [-0.4, -0.2) is 22.0 Å². The Labute approximate surface area is 177 Å². The first kappa shape index (κ1) is 21.3. The fourth-order valence-electron chi connectivity index (χ4n) is 2.98. The second-order valence-corrected chi connectivity index (χ2v) is 7.65. The summed E-state index contributed by atoms with van der Waals surface area (Å²) in [6, 6.07) is 17.2. The van der Waals surface area contributed by atoms with Gasteiger partial charge in [0.05, 0.1) is 0 Å². The predicted molar refractivity (Wildman–Crippen MR) is 120 cm³/mol. The van der Waals surface area contributed by atoms with Gasteiger partial charge in [0.2, 0.25) is 5.95 Å². The van der Waals surface area contributed by atoms with E-state index in [1.54, 1.807) is 6.92 Å². The molecule has 0 spiro atoms. The van der Waals surface area contributed by atoms with Crippen LogP contribution < -0.4 is 15.4 Å². The summed E-state index contributed by atoms with van der Waals surface area (Å²) in [5, 5.41) is 6.05. The van der Waals surface area contributed by atoms with E-state index in [4.69, 9.17) is 4.74 Å². The summed E-state index contributed by atoms with van der Waals surface area (Å²) in [6.07, 6.45) is -0.614. The van der Waals surface area contributed by atoms with E-state index in [0.717, 1.165) is 17.1 Å². The highest BCUT2D eigenvalue weighted by Gasteiger charge is 2.15. The van der Waals surface area contributed by atoms with Crippen molar-refractivity contribution in [3.63, 3.8) is 0 Å². The van der Waals surface area contributed by atoms with Crippen LogP contribution in [0.3, 0.4) is 0 Å². The summed E-state index contributed by atoms with van der Waals surface area (Å²) in [4.78, 5) is 21.2. The Kier molecular flexibility index (Phi) is 6.67. The van der Waals surface area contributed by atoms with Gasteiger partial charge in [-0.2, -0.15) is 0 Å². The highest BCUT2D eigenvalue weighted by Crippen LogP contribution is 2.21. The Hall–Kier alpha value is -3.41. The number of anilines is 3. The van der Waals surface area contributed by atoms with Gasteiger partial charge in [-0.3, -0.25) is 4.79 Å². The normalized spacial score (nSPS) is 11.8. The number of nitrogens with one attached hydrogen (secondary N) is 2. The number of hydrogen-bond acceptors (Lipinski definition) is 5. The number of aryl methyl sites for hydroxylation is 2. The first-order valence-electron chi connectivity index (χ1n) is 10.1. The molecule has 3 rings (SSSR count). The van der Waals surface area contributed by atoms with Crippen LogP contribution in [-0.2, 0) is 4.79 Å². The fraction of sp³-hybridized carbons (Fsp3) is 0.292. The summed E-state index contributed by atoms with van der Waals surface area (Å²) in [5.41, 5.74) is 4.58. The van der Waals surface area contributed by atoms with Crippen molar-refractivity contribution in [2.24, 2.45) is 0 Å². The van der Waals surface area contributed by atoms with Crippen molar-refractivity contribution in [2.75, 3.05) is 10.6 Å². The molecule has 0 aliphatic carbocycles. The molecule has 1 amide bonds. The number of rotatable bonds is 7. The largest absolute Gasteiger partial charge is 0.481 e. The predicted octanol–water partition coefficient (Wildman–Crippen LogP) is 5.37. The van der Waals surface area contributed by atoms with Crippen molar-refractivity contribution in [3.8, 4) is 5.75 Å². The van der Waals surface area contributed by atoms with E-state index < -0.39 is 6.10 Å². The van der Waals surface area contributed by atoms with Crippen LogP contribution in [0.15, 0.2) is 54.6 Å². The van der Waals surface area contributed by atoms with Gasteiger partial charge in [-0.15, -0.1) is 0 Å². The summed E-state index contributed by atoms with van der Waals surface area (Å²) < 4.78 is 5.77. The standard InChI is InChI=1S/C24H28N4O2/c1-15(2)19-6-12-22(13-7-19)30-18(5)23(29)27-20-8-10-21(11-9-20)28-24-25-16(3)14-17(4)26-24/h6-15,18H,1-5H3,(H,27,29)(H,25,26,28). The minimum absolute atomic E-state index is 0.207. The molecule has 2 N–H and O–H groups in total. The molecule has 0 aliphatic rings. The molecule has 156 valence electrons. The Morgan fingerprint density at radius 1 is 0.867 bits per heavy atom. The van der Waals surface area contributed by atoms with Crippen LogP contribution in [0.25, 0.3) is 0 Å². The second-order valence-electron chi connectivity index (χ2n) is 7.65. The van der Waals surface area contributed by atoms with Crippen LogP contribution >= 0.6 is 0 Å². The first-order chi connectivity index (χ1) is 14.3. The molecule has 0 bridgehead atoms. The van der Waals surface area contributed by atoms with Crippen LogP contribution in [0.2, 0.25) is 0 Å². The van der Waals surface area contributed by atoms with Crippen molar-refractivity contribution in [1.29, 1.82) is 0 Å². The molecule has 1 aromatic heterocycles. The molecular formula is C24H28N4O2. The maximum Gasteiger partial charge on any atom is 0.265 e. The maximum absolute atomic E-state index is 12.5. The van der Waals surface area contributed by atoms with E-state index >= 15 is 0 Å². The topological polar surface area (TPSA) is 76.1 Å². The molecule has 3 aromatic rings. The minimum atomic E-state index is -0.614. The zero-order valence-corrected chi connectivity index (χ0v) is 18.1. The molecule has 30 heavy (non-hydrogen) atoms. The first-order valence-corrected chi connectivity index (χ1v) is 10.1. The van der Waals surface area contributed by atoms with E-state index in [1.807, 2.05) is 68.4 Å². The van der Waals surface area contributed by atoms with Crippen LogP contribution in [0, 0.1) is 13.8 Å². The summed E-state index contributed by atoms with van der Waals surface area (Å²) in [6.45, 7) is 9.88. The fourth-order valence-corrected chi connectivity index (χ4v) is 2.98. The van der Waals surface area contributed by atoms with Gasteiger partial charge in [-0.1, -0.05) is 26.0 Å². The summed E-state index contributed by atoms with van der Waals surface area (Å²) in [5.74, 6) is 1.48.